The third-order valence-electron chi connectivity index (χ3n) is 7.70. The highest BCUT2D eigenvalue weighted by Crippen LogP contribution is 2.38. The average molecular weight is 668 g/mol. The summed E-state index contributed by atoms with van der Waals surface area (Å²) in [6.07, 6.45) is 1.50. The summed E-state index contributed by atoms with van der Waals surface area (Å²) >= 11 is 1.49. The third-order valence-corrected chi connectivity index (χ3v) is 8.71. The van der Waals surface area contributed by atoms with Gasteiger partial charge in [-0.25, -0.2) is 9.67 Å². The number of thiazole rings is 1. The maximum absolute atomic E-state index is 10.1. The Kier molecular flexibility index (Phi) is 11.3. The number of nitriles is 1. The molecule has 2 N–H and O–H groups in total. The zero-order chi connectivity index (χ0) is 34.2. The second-order valence-corrected chi connectivity index (χ2v) is 12.4. The van der Waals surface area contributed by atoms with Gasteiger partial charge in [0.1, 0.15) is 11.6 Å². The molecule has 13 nitrogen and oxygen atoms in total. The van der Waals surface area contributed by atoms with Gasteiger partial charge in [0, 0.05) is 53.3 Å². The molecule has 5 rings (SSSR count). The van der Waals surface area contributed by atoms with Crippen molar-refractivity contribution < 1.29 is 9.47 Å². The first kappa shape index (κ1) is 34.4. The van der Waals surface area contributed by atoms with Crippen LogP contribution in [0, 0.1) is 39.0 Å². The molecule has 0 bridgehead atoms. The number of hydrogen-bond donors (Lipinski definition) is 2. The second-order valence-electron chi connectivity index (χ2n) is 11.4. The van der Waals surface area contributed by atoms with Crippen molar-refractivity contribution in [3.05, 3.63) is 64.3 Å². The zero-order valence-electron chi connectivity index (χ0n) is 28.5. The van der Waals surface area contributed by atoms with Gasteiger partial charge in [0.25, 0.3) is 0 Å². The molecule has 0 amide bonds. The molecule has 250 valence electrons. The molecular formula is C34H41N11O2S. The molecule has 48 heavy (non-hydrogen) atoms. The van der Waals surface area contributed by atoms with Crippen LogP contribution in [-0.2, 0) is 9.47 Å². The van der Waals surface area contributed by atoms with Crippen molar-refractivity contribution >= 4 is 56.3 Å². The molecule has 0 aliphatic carbocycles. The van der Waals surface area contributed by atoms with Crippen LogP contribution in [0.15, 0.2) is 46.6 Å². The third kappa shape index (κ3) is 7.60. The number of fused-ring (bicyclic) bond motifs is 1. The van der Waals surface area contributed by atoms with Crippen molar-refractivity contribution in [3.8, 4) is 11.2 Å². The number of aryl methyl sites for hydroxylation is 3. The van der Waals surface area contributed by atoms with E-state index in [4.69, 9.17) is 24.4 Å². The fourth-order valence-electron chi connectivity index (χ4n) is 5.50. The van der Waals surface area contributed by atoms with Crippen molar-refractivity contribution in [2.45, 2.75) is 40.5 Å². The maximum Gasteiger partial charge on any atom is 0.233 e. The molecule has 0 unspecified atom stereocenters. The van der Waals surface area contributed by atoms with Crippen LogP contribution in [0.3, 0.4) is 0 Å². The lowest BCUT2D eigenvalue weighted by atomic mass is 10.0. The second kappa shape index (κ2) is 15.7. The lowest BCUT2D eigenvalue weighted by molar-refractivity contribution is 0.197. The number of ether oxygens (including phenoxy) is 2. The Morgan fingerprint density at radius 1 is 0.917 bits per heavy atom. The molecular weight excluding hydrogens is 627 g/mol. The molecule has 3 aromatic heterocycles. The summed E-state index contributed by atoms with van der Waals surface area (Å²) < 4.78 is 13.2. The highest BCUT2D eigenvalue weighted by molar-refractivity contribution is 7.20. The number of anilines is 4. The number of nitrogens with one attached hydrogen (secondary N) is 2. The van der Waals surface area contributed by atoms with Crippen LogP contribution in [0.4, 0.5) is 34.8 Å². The minimum Gasteiger partial charge on any atom is -0.385 e. The Balaban J connectivity index is 1.59. The largest absolute Gasteiger partial charge is 0.385 e. The van der Waals surface area contributed by atoms with Gasteiger partial charge in [-0.1, -0.05) is 41.2 Å². The minimum atomic E-state index is 0.178. The summed E-state index contributed by atoms with van der Waals surface area (Å²) in [4.78, 5) is 16.6. The predicted molar refractivity (Wildman–Crippen MR) is 191 cm³/mol. The first-order valence-corrected chi connectivity index (χ1v) is 16.5. The zero-order valence-corrected chi connectivity index (χ0v) is 29.3. The van der Waals surface area contributed by atoms with Crippen LogP contribution < -0.4 is 15.5 Å². The van der Waals surface area contributed by atoms with Gasteiger partial charge in [0.05, 0.1) is 15.9 Å². The van der Waals surface area contributed by atoms with Crippen molar-refractivity contribution in [1.82, 2.24) is 24.7 Å². The topological polar surface area (TPSA) is 151 Å². The number of rotatable bonds is 15. The quantitative estimate of drug-likeness (QED) is 0.0850. The van der Waals surface area contributed by atoms with E-state index in [0.29, 0.717) is 66.0 Å². The molecule has 0 spiro atoms. The molecule has 2 aromatic carbocycles. The fraction of sp³-hybridized carbons (Fsp3) is 0.382. The lowest BCUT2D eigenvalue weighted by Gasteiger charge is -2.24. The molecule has 0 atom stereocenters. The molecule has 0 saturated carbocycles. The number of para-hydroxylation sites is 1. The van der Waals surface area contributed by atoms with Gasteiger partial charge in [-0.2, -0.15) is 15.2 Å². The van der Waals surface area contributed by atoms with E-state index in [1.165, 1.54) is 16.9 Å². The normalized spacial score (nSPS) is 11.4. The van der Waals surface area contributed by atoms with Gasteiger partial charge in [-0.3, -0.25) is 0 Å². The van der Waals surface area contributed by atoms with E-state index >= 15 is 0 Å². The standard InChI is InChI=1S/C34H41N11O2S/c1-21-18-22(2)29(23(3)19-21)44(5)33-39-31(36-14-10-16-46-6)28(32(40-33)37-15-11-17-47-7)41-42-30-25(20-35)24(4)45(43-30)34-38-26-12-8-9-13-27(26)48-34/h8-9,12-13,18-19H,10-11,14-17H2,1-7H3,(H2,36,37,39,40). The molecule has 0 aliphatic heterocycles. The molecule has 14 heteroatoms. The predicted octanol–water partition coefficient (Wildman–Crippen LogP) is 7.46. The summed E-state index contributed by atoms with van der Waals surface area (Å²) in [5.74, 6) is 1.64. The van der Waals surface area contributed by atoms with Crippen LogP contribution in [0.2, 0.25) is 0 Å². The van der Waals surface area contributed by atoms with Gasteiger partial charge in [-0.05, 0) is 63.8 Å². The van der Waals surface area contributed by atoms with Crippen molar-refractivity contribution in [2.75, 3.05) is 63.1 Å². The molecule has 0 saturated heterocycles. The van der Waals surface area contributed by atoms with E-state index in [9.17, 15) is 5.26 Å². The van der Waals surface area contributed by atoms with Gasteiger partial charge in [0.2, 0.25) is 16.9 Å². The maximum atomic E-state index is 10.1. The van der Waals surface area contributed by atoms with Gasteiger partial charge in [0.15, 0.2) is 17.3 Å². The van der Waals surface area contributed by atoms with Gasteiger partial charge < -0.3 is 25.0 Å². The number of methoxy groups -OCH3 is 2. The van der Waals surface area contributed by atoms with E-state index in [1.54, 1.807) is 18.9 Å². The van der Waals surface area contributed by atoms with Crippen molar-refractivity contribution in [1.29, 1.82) is 5.26 Å². The Bertz CT molecular complexity index is 1870. The van der Waals surface area contributed by atoms with Crippen LogP contribution in [0.25, 0.3) is 15.3 Å². The Morgan fingerprint density at radius 2 is 1.54 bits per heavy atom. The lowest BCUT2D eigenvalue weighted by Crippen LogP contribution is -2.19. The highest BCUT2D eigenvalue weighted by Gasteiger charge is 2.22. The molecule has 5 aromatic rings. The smallest absolute Gasteiger partial charge is 0.233 e. The number of aromatic nitrogens is 5. The van der Waals surface area contributed by atoms with Crippen molar-refractivity contribution in [2.24, 2.45) is 10.2 Å². The summed E-state index contributed by atoms with van der Waals surface area (Å²) in [6, 6.07) is 14.4. The van der Waals surface area contributed by atoms with E-state index in [0.717, 1.165) is 39.9 Å². The number of nitrogens with zero attached hydrogens (tertiary/aromatic N) is 9. The number of benzene rings is 2. The molecule has 3 heterocycles. The van der Waals surface area contributed by atoms with Crippen LogP contribution in [0.1, 0.15) is 40.8 Å². The van der Waals surface area contributed by atoms with Crippen LogP contribution in [-0.4, -0.2) is 72.3 Å². The Labute approximate surface area is 284 Å². The fourth-order valence-corrected chi connectivity index (χ4v) is 6.47. The highest BCUT2D eigenvalue weighted by atomic mass is 32.1. The summed E-state index contributed by atoms with van der Waals surface area (Å²) in [5.41, 5.74) is 6.65. The first-order valence-electron chi connectivity index (χ1n) is 15.7. The van der Waals surface area contributed by atoms with E-state index in [2.05, 4.69) is 64.9 Å². The molecule has 0 aliphatic rings. The Morgan fingerprint density at radius 3 is 2.12 bits per heavy atom. The molecule has 0 fully saturated rings. The summed E-state index contributed by atoms with van der Waals surface area (Å²) in [6.45, 7) is 10.4. The van der Waals surface area contributed by atoms with Crippen LogP contribution >= 0.6 is 11.3 Å². The van der Waals surface area contributed by atoms with E-state index < -0.39 is 0 Å². The average Bonchev–Trinajstić information content (AvgIpc) is 3.63. The summed E-state index contributed by atoms with van der Waals surface area (Å²) in [5, 5.41) is 31.4. The number of azo groups is 1. The van der Waals surface area contributed by atoms with Gasteiger partial charge in [-0.15, -0.1) is 15.3 Å². The SMILES string of the molecule is COCCCNc1nc(N(C)c2c(C)cc(C)cc2C)nc(NCCCOC)c1N=Nc1nn(-c2nc3ccccc3s2)c(C)c1C#N. The van der Waals surface area contributed by atoms with E-state index in [-0.39, 0.29) is 5.82 Å². The monoisotopic (exact) mass is 667 g/mol. The van der Waals surface area contributed by atoms with Gasteiger partial charge >= 0.3 is 0 Å². The van der Waals surface area contributed by atoms with Crippen molar-refractivity contribution in [3.63, 3.8) is 0 Å². The molecule has 0 radical (unpaired) electrons. The minimum absolute atomic E-state index is 0.178. The van der Waals surface area contributed by atoms with Crippen LogP contribution in [0.5, 0.6) is 0 Å². The first-order chi connectivity index (χ1) is 23.2. The number of hydrogen-bond acceptors (Lipinski definition) is 13. The Hall–Kier alpha value is -4.97. The van der Waals surface area contributed by atoms with E-state index in [1.807, 2.05) is 43.1 Å². The summed E-state index contributed by atoms with van der Waals surface area (Å²) in [7, 11) is 5.31.